The van der Waals surface area contributed by atoms with Gasteiger partial charge in [-0.05, 0) is 51.4 Å². The third-order valence-electron chi connectivity index (χ3n) is 6.92. The first-order valence-corrected chi connectivity index (χ1v) is 13.2. The van der Waals surface area contributed by atoms with Crippen LogP contribution in [0.4, 0.5) is 11.8 Å². The summed E-state index contributed by atoms with van der Waals surface area (Å²) in [7, 11) is -1.11. The SMILES string of the molecule is O=S1CCCCc2nc(C3CCN(c4ncc(Cl)cn4)CC3)nc(NC3(CO)CCC3)c21. The number of aryl methyl sites for hydroxylation is 1. The van der Waals surface area contributed by atoms with E-state index in [9.17, 15) is 9.32 Å². The van der Waals surface area contributed by atoms with Gasteiger partial charge in [-0.1, -0.05) is 11.6 Å². The molecule has 0 aromatic carbocycles. The zero-order valence-electron chi connectivity index (χ0n) is 18.1. The highest BCUT2D eigenvalue weighted by atomic mass is 35.5. The molecule has 4 heterocycles. The van der Waals surface area contributed by atoms with Crippen molar-refractivity contribution in [3.05, 3.63) is 28.9 Å². The number of rotatable bonds is 5. The molecule has 10 heteroatoms. The minimum atomic E-state index is -1.11. The van der Waals surface area contributed by atoms with E-state index in [0.717, 1.165) is 80.9 Å². The van der Waals surface area contributed by atoms with Crippen molar-refractivity contribution in [3.63, 3.8) is 0 Å². The fourth-order valence-corrected chi connectivity index (χ4v) is 6.29. The number of nitrogens with one attached hydrogen (secondary N) is 1. The lowest BCUT2D eigenvalue weighted by Gasteiger charge is -2.42. The van der Waals surface area contributed by atoms with E-state index in [1.807, 2.05) is 0 Å². The lowest BCUT2D eigenvalue weighted by Crippen LogP contribution is -2.49. The van der Waals surface area contributed by atoms with Crippen molar-refractivity contribution in [3.8, 4) is 0 Å². The van der Waals surface area contributed by atoms with E-state index < -0.39 is 10.8 Å². The number of piperidine rings is 1. The standard InChI is InChI=1S/C22H29ClN6O2S/c23-16-12-24-21(25-13-16)29-9-5-15(6-10-29)19-26-17-4-1-2-11-32(31)18(17)20(27-19)28-22(14-30)7-3-8-22/h12-13,15,30H,1-11,14H2,(H,26,27,28). The van der Waals surface area contributed by atoms with Crippen LogP contribution in [0.15, 0.2) is 17.3 Å². The number of nitrogens with zero attached hydrogens (tertiary/aromatic N) is 5. The Hall–Kier alpha value is -1.84. The second kappa shape index (κ2) is 9.19. The van der Waals surface area contributed by atoms with Gasteiger partial charge in [0.1, 0.15) is 16.5 Å². The Balaban J connectivity index is 1.40. The van der Waals surface area contributed by atoms with Crippen LogP contribution in [0.25, 0.3) is 0 Å². The molecule has 0 radical (unpaired) electrons. The van der Waals surface area contributed by atoms with Crippen LogP contribution in [-0.2, 0) is 17.2 Å². The first-order valence-electron chi connectivity index (χ1n) is 11.5. The summed E-state index contributed by atoms with van der Waals surface area (Å²) >= 11 is 5.92. The Labute approximate surface area is 195 Å². The molecule has 5 rings (SSSR count). The molecule has 1 saturated heterocycles. The van der Waals surface area contributed by atoms with E-state index in [2.05, 4.69) is 20.2 Å². The number of anilines is 2. The van der Waals surface area contributed by atoms with Crippen molar-refractivity contribution in [2.24, 2.45) is 0 Å². The van der Waals surface area contributed by atoms with Crippen LogP contribution < -0.4 is 10.2 Å². The maximum Gasteiger partial charge on any atom is 0.225 e. The zero-order valence-corrected chi connectivity index (χ0v) is 19.7. The summed E-state index contributed by atoms with van der Waals surface area (Å²) in [5.41, 5.74) is 0.578. The largest absolute Gasteiger partial charge is 0.394 e. The van der Waals surface area contributed by atoms with Crippen molar-refractivity contribution in [1.82, 2.24) is 19.9 Å². The molecule has 2 aromatic heterocycles. The molecular formula is C22H29ClN6O2S. The molecule has 0 amide bonds. The van der Waals surface area contributed by atoms with E-state index >= 15 is 0 Å². The van der Waals surface area contributed by atoms with E-state index in [0.29, 0.717) is 22.5 Å². The smallest absolute Gasteiger partial charge is 0.225 e. The Bertz CT molecular complexity index is 987. The fourth-order valence-electron chi connectivity index (χ4n) is 4.80. The molecule has 1 atom stereocenters. The zero-order chi connectivity index (χ0) is 22.1. The number of aliphatic hydroxyl groups excluding tert-OH is 1. The van der Waals surface area contributed by atoms with E-state index in [-0.39, 0.29) is 18.1 Å². The Morgan fingerprint density at radius 2 is 1.91 bits per heavy atom. The van der Waals surface area contributed by atoms with Crippen LogP contribution in [0.2, 0.25) is 5.02 Å². The van der Waals surface area contributed by atoms with Crippen LogP contribution in [0, 0.1) is 0 Å². The molecule has 1 unspecified atom stereocenters. The summed E-state index contributed by atoms with van der Waals surface area (Å²) < 4.78 is 13.0. The van der Waals surface area contributed by atoms with Gasteiger partial charge in [-0.3, -0.25) is 4.21 Å². The molecule has 2 N–H and O–H groups in total. The molecular weight excluding hydrogens is 448 g/mol. The molecule has 1 saturated carbocycles. The molecule has 1 aliphatic carbocycles. The summed E-state index contributed by atoms with van der Waals surface area (Å²) in [5.74, 6) is 3.09. The molecule has 32 heavy (non-hydrogen) atoms. The van der Waals surface area contributed by atoms with Crippen LogP contribution in [0.3, 0.4) is 0 Å². The second-order valence-electron chi connectivity index (χ2n) is 9.09. The van der Waals surface area contributed by atoms with Gasteiger partial charge in [-0.15, -0.1) is 0 Å². The summed E-state index contributed by atoms with van der Waals surface area (Å²) in [6.07, 6.45) is 10.7. The molecule has 2 aliphatic heterocycles. The lowest BCUT2D eigenvalue weighted by atomic mass is 9.77. The van der Waals surface area contributed by atoms with Crippen LogP contribution in [0.5, 0.6) is 0 Å². The predicted molar refractivity (Wildman–Crippen MR) is 125 cm³/mol. The van der Waals surface area contributed by atoms with Crippen LogP contribution in [0.1, 0.15) is 62.4 Å². The number of fused-ring (bicyclic) bond motifs is 1. The average molecular weight is 477 g/mol. The summed E-state index contributed by atoms with van der Waals surface area (Å²) in [4.78, 5) is 21.5. The quantitative estimate of drug-likeness (QED) is 0.678. The summed E-state index contributed by atoms with van der Waals surface area (Å²) in [6.45, 7) is 1.71. The number of hydrogen-bond acceptors (Lipinski definition) is 8. The van der Waals surface area contributed by atoms with Crippen molar-refractivity contribution in [2.75, 3.05) is 35.7 Å². The van der Waals surface area contributed by atoms with Gasteiger partial charge in [0, 0.05) is 24.8 Å². The Morgan fingerprint density at radius 3 is 2.56 bits per heavy atom. The highest BCUT2D eigenvalue weighted by molar-refractivity contribution is 7.85. The van der Waals surface area contributed by atoms with Gasteiger partial charge in [0.25, 0.3) is 0 Å². The van der Waals surface area contributed by atoms with Gasteiger partial charge in [-0.25, -0.2) is 19.9 Å². The first kappa shape index (κ1) is 22.0. The maximum absolute atomic E-state index is 13.0. The van der Waals surface area contributed by atoms with Gasteiger partial charge in [0.2, 0.25) is 5.95 Å². The van der Waals surface area contributed by atoms with E-state index in [4.69, 9.17) is 21.6 Å². The number of hydrogen-bond donors (Lipinski definition) is 2. The molecule has 172 valence electrons. The van der Waals surface area contributed by atoms with Crippen LogP contribution >= 0.6 is 11.6 Å². The number of aliphatic hydroxyl groups is 1. The first-order chi connectivity index (χ1) is 15.6. The van der Waals surface area contributed by atoms with E-state index in [1.54, 1.807) is 12.4 Å². The minimum Gasteiger partial charge on any atom is -0.394 e. The van der Waals surface area contributed by atoms with Crippen molar-refractivity contribution in [2.45, 2.75) is 67.7 Å². The second-order valence-corrected chi connectivity index (χ2v) is 11.0. The van der Waals surface area contributed by atoms with Gasteiger partial charge in [0.05, 0.1) is 46.1 Å². The molecule has 0 spiro atoms. The fraction of sp³-hybridized carbons (Fsp3) is 0.636. The monoisotopic (exact) mass is 476 g/mol. The Morgan fingerprint density at radius 1 is 1.16 bits per heavy atom. The average Bonchev–Trinajstić information content (AvgIpc) is 2.98. The van der Waals surface area contributed by atoms with Crippen molar-refractivity contribution in [1.29, 1.82) is 0 Å². The normalized spacial score (nSPS) is 23.2. The van der Waals surface area contributed by atoms with Crippen LogP contribution in [-0.4, -0.2) is 60.2 Å². The number of halogens is 1. The van der Waals surface area contributed by atoms with Crippen molar-refractivity contribution < 1.29 is 9.32 Å². The summed E-state index contributed by atoms with van der Waals surface area (Å²) in [6, 6.07) is 0. The van der Waals surface area contributed by atoms with Crippen molar-refractivity contribution >= 4 is 34.2 Å². The molecule has 8 nitrogen and oxygen atoms in total. The number of aromatic nitrogens is 4. The Kier molecular flexibility index (Phi) is 6.31. The minimum absolute atomic E-state index is 0.0627. The van der Waals surface area contributed by atoms with E-state index in [1.165, 1.54) is 0 Å². The molecule has 2 aromatic rings. The lowest BCUT2D eigenvalue weighted by molar-refractivity contribution is 0.143. The highest BCUT2D eigenvalue weighted by Crippen LogP contribution is 2.38. The molecule has 0 bridgehead atoms. The maximum atomic E-state index is 13.0. The van der Waals surface area contributed by atoms with Gasteiger partial charge in [0.15, 0.2) is 0 Å². The van der Waals surface area contributed by atoms with Gasteiger partial charge < -0.3 is 15.3 Å². The van der Waals surface area contributed by atoms with Gasteiger partial charge in [-0.2, -0.15) is 0 Å². The third-order valence-corrected chi connectivity index (χ3v) is 8.66. The predicted octanol–water partition coefficient (Wildman–Crippen LogP) is 3.07. The molecule has 3 aliphatic rings. The topological polar surface area (TPSA) is 104 Å². The van der Waals surface area contributed by atoms with Gasteiger partial charge >= 0.3 is 0 Å². The highest BCUT2D eigenvalue weighted by Gasteiger charge is 2.38. The molecule has 2 fully saturated rings. The third kappa shape index (κ3) is 4.34. The summed E-state index contributed by atoms with van der Waals surface area (Å²) in [5, 5.41) is 14.0.